The van der Waals surface area contributed by atoms with E-state index in [1.165, 1.54) is 20.9 Å². The van der Waals surface area contributed by atoms with E-state index in [1.54, 1.807) is 22.7 Å². The van der Waals surface area contributed by atoms with Crippen LogP contribution in [0.5, 0.6) is 0 Å². The number of aryl methyl sites for hydroxylation is 2. The zero-order chi connectivity index (χ0) is 15.7. The summed E-state index contributed by atoms with van der Waals surface area (Å²) in [5.74, 6) is 0.193. The van der Waals surface area contributed by atoms with Gasteiger partial charge in [0.15, 0.2) is 5.78 Å². The molecule has 0 aliphatic carbocycles. The molecule has 0 unspecified atom stereocenters. The first-order chi connectivity index (χ1) is 10.5. The van der Waals surface area contributed by atoms with Crippen LogP contribution in [0.15, 0.2) is 34.0 Å². The van der Waals surface area contributed by atoms with E-state index in [2.05, 4.69) is 60.8 Å². The van der Waals surface area contributed by atoms with E-state index in [-0.39, 0.29) is 11.3 Å². The summed E-state index contributed by atoms with van der Waals surface area (Å²) in [6.07, 6.45) is 4.13. The summed E-state index contributed by atoms with van der Waals surface area (Å²) in [6, 6.07) is 4.19. The van der Waals surface area contributed by atoms with Crippen LogP contribution >= 0.6 is 22.7 Å². The molecule has 1 saturated heterocycles. The highest BCUT2D eigenvalue weighted by molar-refractivity contribution is 7.11. The molecule has 5 heteroatoms. The molecule has 122 valence electrons. The highest BCUT2D eigenvalue weighted by atomic mass is 32.1. The second-order valence-corrected chi connectivity index (χ2v) is 7.67. The van der Waals surface area contributed by atoms with Crippen LogP contribution in [-0.2, 0) is 4.79 Å². The predicted molar refractivity (Wildman–Crippen MR) is 100 cm³/mol. The van der Waals surface area contributed by atoms with Gasteiger partial charge < -0.3 is 5.48 Å². The Morgan fingerprint density at radius 1 is 0.957 bits per heavy atom. The maximum Gasteiger partial charge on any atom is 0.187 e. The molecule has 3 nitrogen and oxygen atoms in total. The molecule has 3 heterocycles. The van der Waals surface area contributed by atoms with E-state index in [9.17, 15) is 4.79 Å². The third kappa shape index (κ3) is 3.87. The lowest BCUT2D eigenvalue weighted by Crippen LogP contribution is -2.34. The minimum atomic E-state index is 0. The van der Waals surface area contributed by atoms with Crippen molar-refractivity contribution in [1.82, 2.24) is 4.90 Å². The van der Waals surface area contributed by atoms with Crippen molar-refractivity contribution in [2.24, 2.45) is 0 Å². The molecule has 0 amide bonds. The van der Waals surface area contributed by atoms with E-state index in [1.807, 2.05) is 0 Å². The number of carbonyl (C=O) groups excluding carboxylic acids is 1. The molecule has 1 aliphatic rings. The molecule has 1 aliphatic heterocycles. The van der Waals surface area contributed by atoms with Crippen molar-refractivity contribution in [3.63, 3.8) is 0 Å². The number of likely N-dealkylation sites (tertiary alicyclic amines) is 1. The Bertz CT molecular complexity index is 705. The number of piperidine rings is 1. The van der Waals surface area contributed by atoms with Gasteiger partial charge in [0.1, 0.15) is 0 Å². The van der Waals surface area contributed by atoms with Gasteiger partial charge in [0.2, 0.25) is 0 Å². The van der Waals surface area contributed by atoms with Gasteiger partial charge in [0, 0.05) is 34.0 Å². The van der Waals surface area contributed by atoms with E-state index in [0.29, 0.717) is 0 Å². The number of hydrogen-bond donors (Lipinski definition) is 0. The maximum absolute atomic E-state index is 12.8. The molecule has 1 fully saturated rings. The Hall–Kier alpha value is -1.53. The van der Waals surface area contributed by atoms with Gasteiger partial charge in [-0.2, -0.15) is 0 Å². The first kappa shape index (κ1) is 17.8. The minimum absolute atomic E-state index is 0. The lowest BCUT2D eigenvalue weighted by molar-refractivity contribution is -0.113. The fourth-order valence-corrected chi connectivity index (χ4v) is 4.36. The number of rotatable bonds is 2. The van der Waals surface area contributed by atoms with Gasteiger partial charge in [-0.15, -0.1) is 22.7 Å². The molecule has 0 saturated carbocycles. The van der Waals surface area contributed by atoms with E-state index >= 15 is 0 Å². The van der Waals surface area contributed by atoms with Crippen molar-refractivity contribution in [3.05, 3.63) is 54.9 Å². The normalized spacial score (nSPS) is 19.3. The minimum Gasteiger partial charge on any atom is -0.412 e. The number of ketones is 1. The van der Waals surface area contributed by atoms with E-state index in [0.717, 1.165) is 24.2 Å². The molecule has 0 bridgehead atoms. The van der Waals surface area contributed by atoms with Gasteiger partial charge >= 0.3 is 0 Å². The molecular formula is C18H21NO2S2. The first-order valence-electron chi connectivity index (χ1n) is 7.27. The molecule has 3 rings (SSSR count). The van der Waals surface area contributed by atoms with Crippen LogP contribution in [0.25, 0.3) is 12.2 Å². The summed E-state index contributed by atoms with van der Waals surface area (Å²) in [5, 5.41) is 4.15. The third-order valence-electron chi connectivity index (χ3n) is 3.88. The largest absolute Gasteiger partial charge is 0.412 e. The third-order valence-corrected chi connectivity index (χ3v) is 5.81. The number of Topliss-reactive ketones (excluding diaryl/α,β-unsaturated/α-hetero) is 1. The van der Waals surface area contributed by atoms with E-state index in [4.69, 9.17) is 0 Å². The average molecular weight is 348 g/mol. The van der Waals surface area contributed by atoms with Gasteiger partial charge in [0.25, 0.3) is 0 Å². The summed E-state index contributed by atoms with van der Waals surface area (Å²) in [4.78, 5) is 17.4. The summed E-state index contributed by atoms with van der Waals surface area (Å²) >= 11 is 3.38. The topological polar surface area (TPSA) is 51.8 Å². The fraction of sp³-hybridized carbons (Fsp3) is 0.278. The second kappa shape index (κ2) is 7.36. The lowest BCUT2D eigenvalue weighted by atomic mass is 9.96. The van der Waals surface area contributed by atoms with Gasteiger partial charge in [-0.3, -0.25) is 9.69 Å². The molecule has 23 heavy (non-hydrogen) atoms. The zero-order valence-electron chi connectivity index (χ0n) is 13.6. The van der Waals surface area contributed by atoms with Crippen molar-refractivity contribution >= 4 is 40.6 Å². The molecule has 2 aromatic rings. The van der Waals surface area contributed by atoms with Gasteiger partial charge in [0.05, 0.1) is 0 Å². The first-order valence-corrected chi connectivity index (χ1v) is 9.03. The summed E-state index contributed by atoms with van der Waals surface area (Å²) in [6.45, 7) is 5.62. The zero-order valence-corrected chi connectivity index (χ0v) is 15.2. The maximum atomic E-state index is 12.8. The molecule has 0 spiro atoms. The molecule has 2 N–H and O–H groups in total. The highest BCUT2D eigenvalue weighted by Gasteiger charge is 2.24. The second-order valence-electron chi connectivity index (χ2n) is 5.78. The van der Waals surface area contributed by atoms with Gasteiger partial charge in [-0.05, 0) is 67.1 Å². The van der Waals surface area contributed by atoms with Gasteiger partial charge in [-0.1, -0.05) is 0 Å². The molecule has 0 aromatic carbocycles. The van der Waals surface area contributed by atoms with Crippen LogP contribution in [0, 0.1) is 13.8 Å². The van der Waals surface area contributed by atoms with Crippen LogP contribution in [0.1, 0.15) is 20.9 Å². The monoisotopic (exact) mass is 347 g/mol. The number of carbonyl (C=O) groups is 1. The smallest absolute Gasteiger partial charge is 0.187 e. The Labute approximate surface area is 144 Å². The molecule has 2 aromatic heterocycles. The van der Waals surface area contributed by atoms with Crippen LogP contribution in [-0.4, -0.2) is 36.3 Å². The Balaban J connectivity index is 0.00000192. The highest BCUT2D eigenvalue weighted by Crippen LogP contribution is 2.26. The number of likely N-dealkylation sites (N-methyl/N-ethyl adjacent to an activating group) is 1. The SMILES string of the molecule is Cc1ccsc1/C=C1\CN(C)C/C(=C\c2sccc2C)C1=O.O. The Morgan fingerprint density at radius 3 is 1.74 bits per heavy atom. The van der Waals surface area contributed by atoms with E-state index < -0.39 is 0 Å². The lowest BCUT2D eigenvalue weighted by Gasteiger charge is -2.26. The average Bonchev–Trinajstić information content (AvgIpc) is 3.05. The van der Waals surface area contributed by atoms with Crippen molar-refractivity contribution in [2.75, 3.05) is 20.1 Å². The van der Waals surface area contributed by atoms with Crippen molar-refractivity contribution in [2.45, 2.75) is 13.8 Å². The molecular weight excluding hydrogens is 326 g/mol. The van der Waals surface area contributed by atoms with Crippen molar-refractivity contribution < 1.29 is 10.3 Å². The standard InChI is InChI=1S/C18H19NOS2.H2O/c1-12-4-6-21-16(12)8-14-10-19(3)11-15(18(14)20)9-17-13(2)5-7-22-17;/h4-9H,10-11H2,1-3H3;1H2/b14-8+,15-9+;. The summed E-state index contributed by atoms with van der Waals surface area (Å²) in [5.41, 5.74) is 4.25. The number of hydrogen-bond acceptors (Lipinski definition) is 4. The van der Waals surface area contributed by atoms with Gasteiger partial charge in [-0.25, -0.2) is 0 Å². The molecule has 0 atom stereocenters. The van der Waals surface area contributed by atoms with Crippen molar-refractivity contribution in [1.29, 1.82) is 0 Å². The summed E-state index contributed by atoms with van der Waals surface area (Å²) < 4.78 is 0. The Morgan fingerprint density at radius 2 is 1.39 bits per heavy atom. The molecule has 0 radical (unpaired) electrons. The van der Waals surface area contributed by atoms with Crippen molar-refractivity contribution in [3.8, 4) is 0 Å². The predicted octanol–water partition coefficient (Wildman–Crippen LogP) is 3.58. The number of thiophene rings is 2. The Kier molecular flexibility index (Phi) is 5.70. The summed E-state index contributed by atoms with van der Waals surface area (Å²) in [7, 11) is 2.07. The van der Waals surface area contributed by atoms with Crippen LogP contribution in [0.4, 0.5) is 0 Å². The van der Waals surface area contributed by atoms with Crippen LogP contribution < -0.4 is 0 Å². The number of nitrogens with zero attached hydrogens (tertiary/aromatic N) is 1. The van der Waals surface area contributed by atoms with Crippen LogP contribution in [0.2, 0.25) is 0 Å². The van der Waals surface area contributed by atoms with Crippen LogP contribution in [0.3, 0.4) is 0 Å². The quantitative estimate of drug-likeness (QED) is 0.780. The fourth-order valence-electron chi connectivity index (χ4n) is 2.59.